The Morgan fingerprint density at radius 3 is 2.33 bits per heavy atom. The lowest BCUT2D eigenvalue weighted by molar-refractivity contribution is -0.147. The van der Waals surface area contributed by atoms with Crippen LogP contribution in [-0.4, -0.2) is 52.0 Å². The number of ether oxygens (including phenoxy) is 4. The van der Waals surface area contributed by atoms with Crippen molar-refractivity contribution in [3.8, 4) is 11.5 Å². The first-order valence-electron chi connectivity index (χ1n) is 11.8. The number of nitrogens with zero attached hydrogens (tertiary/aromatic N) is 1. The second-order valence-corrected chi connectivity index (χ2v) is 8.92. The maximum atomic E-state index is 13.7. The van der Waals surface area contributed by atoms with Gasteiger partial charge in [-0.15, -0.1) is 0 Å². The summed E-state index contributed by atoms with van der Waals surface area (Å²) in [6.07, 6.45) is 0.781. The molecule has 0 amide bonds. The molecule has 2 aromatic carbocycles. The monoisotopic (exact) mass is 495 g/mol. The molecule has 2 aliphatic rings. The van der Waals surface area contributed by atoms with Gasteiger partial charge in [0.05, 0.1) is 20.8 Å². The molecule has 0 saturated carbocycles. The van der Waals surface area contributed by atoms with Gasteiger partial charge in [0.15, 0.2) is 17.3 Å². The van der Waals surface area contributed by atoms with Crippen molar-refractivity contribution in [1.82, 2.24) is 0 Å². The maximum absolute atomic E-state index is 13.7. The molecule has 8 heteroatoms. The topological polar surface area (TPSA) is 83.4 Å². The predicted molar refractivity (Wildman–Crippen MR) is 132 cm³/mol. The molecule has 1 heterocycles. The van der Waals surface area contributed by atoms with Crippen LogP contribution in [-0.2, 0) is 19.1 Å². The molecular formula is C28H30FNO6. The summed E-state index contributed by atoms with van der Waals surface area (Å²) in [6.45, 7) is 2.12. The van der Waals surface area contributed by atoms with Crippen LogP contribution < -0.4 is 9.47 Å². The van der Waals surface area contributed by atoms with Crippen molar-refractivity contribution in [1.29, 1.82) is 0 Å². The zero-order valence-corrected chi connectivity index (χ0v) is 20.9. The third kappa shape index (κ3) is 5.04. The van der Waals surface area contributed by atoms with Crippen molar-refractivity contribution in [2.45, 2.75) is 31.6 Å². The third-order valence-electron chi connectivity index (χ3n) is 6.78. The van der Waals surface area contributed by atoms with E-state index in [-0.39, 0.29) is 31.3 Å². The molecule has 0 N–H and O–H groups in total. The second kappa shape index (κ2) is 11.0. The smallest absolute Gasteiger partial charge is 0.315 e. The molecule has 1 aliphatic carbocycles. The molecule has 0 bridgehead atoms. The summed E-state index contributed by atoms with van der Waals surface area (Å²) in [7, 11) is 4.67. The van der Waals surface area contributed by atoms with Crippen LogP contribution in [0.3, 0.4) is 0 Å². The van der Waals surface area contributed by atoms with Crippen molar-refractivity contribution >= 4 is 17.5 Å². The molecule has 1 unspecified atom stereocenters. The number of hydrogen-bond donors (Lipinski definition) is 0. The second-order valence-electron chi connectivity index (χ2n) is 8.92. The first-order chi connectivity index (χ1) is 17.4. The number of carbonyl (C=O) groups excluding carboxylic acids is 2. The molecule has 1 aliphatic heterocycles. The minimum Gasteiger partial charge on any atom is -0.493 e. The predicted octanol–water partition coefficient (Wildman–Crippen LogP) is 4.61. The number of esters is 1. The van der Waals surface area contributed by atoms with Gasteiger partial charge in [0.25, 0.3) is 0 Å². The van der Waals surface area contributed by atoms with Crippen molar-refractivity contribution in [3.05, 3.63) is 70.7 Å². The summed E-state index contributed by atoms with van der Waals surface area (Å²) in [5.74, 6) is -1.25. The van der Waals surface area contributed by atoms with Crippen LogP contribution >= 0.6 is 0 Å². The molecule has 0 saturated heterocycles. The van der Waals surface area contributed by atoms with Crippen molar-refractivity contribution in [2.75, 3.05) is 34.5 Å². The van der Waals surface area contributed by atoms with Crippen molar-refractivity contribution < 1.29 is 32.9 Å². The van der Waals surface area contributed by atoms with E-state index in [1.165, 1.54) is 19.2 Å². The zero-order chi connectivity index (χ0) is 25.8. The SMILES string of the molecule is COCCOC(=O)C1C(C)=NC2=C(C(=O)C[C@H](c3ccc(OC)c(OC)c3)C2)[C@H]1c1ccc(F)cc1. The fraction of sp³-hybridized carbons (Fsp3) is 0.393. The molecule has 7 nitrogen and oxygen atoms in total. The quantitative estimate of drug-likeness (QED) is 0.393. The number of allylic oxidation sites excluding steroid dienone is 2. The van der Waals surface area contributed by atoms with E-state index in [0.29, 0.717) is 40.5 Å². The average molecular weight is 496 g/mol. The van der Waals surface area contributed by atoms with Crippen LogP contribution in [0.5, 0.6) is 11.5 Å². The summed E-state index contributed by atoms with van der Waals surface area (Å²) in [5, 5.41) is 0. The van der Waals surface area contributed by atoms with E-state index >= 15 is 0 Å². The maximum Gasteiger partial charge on any atom is 0.315 e. The Hall–Kier alpha value is -3.52. The number of hydrogen-bond acceptors (Lipinski definition) is 7. The average Bonchev–Trinajstić information content (AvgIpc) is 2.87. The fourth-order valence-corrected chi connectivity index (χ4v) is 5.05. The molecule has 0 radical (unpaired) electrons. The number of halogens is 1. The van der Waals surface area contributed by atoms with Gasteiger partial charge in [-0.25, -0.2) is 4.39 Å². The molecule has 4 rings (SSSR count). The Labute approximate surface area is 209 Å². The van der Waals surface area contributed by atoms with Gasteiger partial charge >= 0.3 is 5.97 Å². The summed E-state index contributed by atoms with van der Waals surface area (Å²) in [4.78, 5) is 31.5. The lowest BCUT2D eigenvalue weighted by Crippen LogP contribution is -2.38. The van der Waals surface area contributed by atoms with E-state index in [1.807, 2.05) is 18.2 Å². The van der Waals surface area contributed by atoms with Crippen LogP contribution in [0.4, 0.5) is 4.39 Å². The Kier molecular flexibility index (Phi) is 7.84. The van der Waals surface area contributed by atoms with Gasteiger partial charge in [-0.1, -0.05) is 18.2 Å². The summed E-state index contributed by atoms with van der Waals surface area (Å²) < 4.78 is 34.9. The Morgan fingerprint density at radius 1 is 0.972 bits per heavy atom. The van der Waals surface area contributed by atoms with Crippen molar-refractivity contribution in [3.63, 3.8) is 0 Å². The highest BCUT2D eigenvalue weighted by Gasteiger charge is 2.44. The van der Waals surface area contributed by atoms with Gasteiger partial charge in [-0.2, -0.15) is 0 Å². The largest absolute Gasteiger partial charge is 0.493 e. The molecule has 3 atom stereocenters. The van der Waals surface area contributed by atoms with Gasteiger partial charge in [-0.05, 0) is 54.7 Å². The lowest BCUT2D eigenvalue weighted by Gasteiger charge is -2.36. The van der Waals surface area contributed by atoms with Gasteiger partial charge in [-0.3, -0.25) is 14.6 Å². The highest BCUT2D eigenvalue weighted by molar-refractivity contribution is 6.09. The fourth-order valence-electron chi connectivity index (χ4n) is 5.05. The third-order valence-corrected chi connectivity index (χ3v) is 6.78. The highest BCUT2D eigenvalue weighted by Crippen LogP contribution is 2.47. The van der Waals surface area contributed by atoms with Gasteiger partial charge < -0.3 is 18.9 Å². The summed E-state index contributed by atoms with van der Waals surface area (Å²) >= 11 is 0. The Morgan fingerprint density at radius 2 is 1.67 bits per heavy atom. The number of methoxy groups -OCH3 is 3. The number of Topliss-reactive ketones (excluding diaryl/α,β-unsaturated/α-hetero) is 1. The standard InChI is InChI=1S/C28H30FNO6/c1-16-25(28(32)36-12-11-33-2)26(17-5-8-20(29)9-6-17)27-21(30-16)13-19(14-22(27)31)18-7-10-23(34-3)24(15-18)35-4/h5-10,15,19,25-26H,11-14H2,1-4H3/t19-,25?,26+/m1/s1. The number of carbonyl (C=O) groups is 2. The molecule has 0 fully saturated rings. The summed E-state index contributed by atoms with van der Waals surface area (Å²) in [6, 6.07) is 11.5. The lowest BCUT2D eigenvalue weighted by atomic mass is 9.69. The number of aliphatic imine (C=N–C) groups is 1. The number of benzene rings is 2. The molecule has 190 valence electrons. The van der Waals surface area contributed by atoms with E-state index in [0.717, 1.165) is 5.56 Å². The first-order valence-corrected chi connectivity index (χ1v) is 11.8. The number of ketones is 1. The van der Waals surface area contributed by atoms with Crippen LogP contribution in [0.25, 0.3) is 0 Å². The van der Waals surface area contributed by atoms with E-state index < -0.39 is 23.6 Å². The van der Waals surface area contributed by atoms with E-state index in [1.54, 1.807) is 33.3 Å². The molecule has 0 aromatic heterocycles. The van der Waals surface area contributed by atoms with Gasteiger partial charge in [0.2, 0.25) is 0 Å². The minimum atomic E-state index is -0.785. The van der Waals surface area contributed by atoms with Gasteiger partial charge in [0.1, 0.15) is 18.3 Å². The molecule has 2 aromatic rings. The van der Waals surface area contributed by atoms with Crippen LogP contribution in [0.1, 0.15) is 42.7 Å². The van der Waals surface area contributed by atoms with E-state index in [4.69, 9.17) is 23.9 Å². The first kappa shape index (κ1) is 25.6. The highest BCUT2D eigenvalue weighted by atomic mass is 19.1. The molecule has 36 heavy (non-hydrogen) atoms. The van der Waals surface area contributed by atoms with Crippen LogP contribution in [0.2, 0.25) is 0 Å². The minimum absolute atomic E-state index is 0.0868. The van der Waals surface area contributed by atoms with E-state index in [9.17, 15) is 14.0 Å². The molecule has 0 spiro atoms. The zero-order valence-electron chi connectivity index (χ0n) is 20.9. The number of rotatable bonds is 8. The Bertz CT molecular complexity index is 1200. The van der Waals surface area contributed by atoms with Crippen LogP contribution in [0, 0.1) is 11.7 Å². The Balaban J connectivity index is 1.73. The normalized spacial score (nSPS) is 21.5. The van der Waals surface area contributed by atoms with Gasteiger partial charge in [0, 0.05) is 36.4 Å². The summed E-state index contributed by atoms with van der Waals surface area (Å²) in [5.41, 5.74) is 3.33. The molecular weight excluding hydrogens is 465 g/mol. The van der Waals surface area contributed by atoms with Crippen LogP contribution in [0.15, 0.2) is 58.7 Å². The van der Waals surface area contributed by atoms with Crippen molar-refractivity contribution in [2.24, 2.45) is 10.9 Å². The van der Waals surface area contributed by atoms with E-state index in [2.05, 4.69) is 0 Å².